The maximum Gasteiger partial charge on any atom is 0.223 e. The van der Waals surface area contributed by atoms with Crippen LogP contribution < -0.4 is 5.32 Å². The van der Waals surface area contributed by atoms with Crippen LogP contribution in [0.2, 0.25) is 0 Å². The molecule has 1 saturated heterocycles. The molecule has 2 heterocycles. The Kier molecular flexibility index (Phi) is 6.96. The van der Waals surface area contributed by atoms with Gasteiger partial charge in [-0.05, 0) is 55.5 Å². The third-order valence-electron chi connectivity index (χ3n) is 6.37. The number of nitrogens with one attached hydrogen (secondary N) is 1. The normalized spacial score (nSPS) is 18.3. The molecule has 2 aromatic rings. The van der Waals surface area contributed by atoms with E-state index in [4.69, 9.17) is 0 Å². The summed E-state index contributed by atoms with van der Waals surface area (Å²) in [6, 6.07) is 19.4. The highest BCUT2D eigenvalue weighted by Gasteiger charge is 2.24. The molecule has 1 fully saturated rings. The molecule has 0 unspecified atom stereocenters. The summed E-state index contributed by atoms with van der Waals surface area (Å²) in [5.41, 5.74) is 4.32. The number of carbonyl (C=O) groups is 1. The molecule has 0 bridgehead atoms. The number of nitrogens with zero attached hydrogens (tertiary/aromatic N) is 2. The van der Waals surface area contributed by atoms with E-state index in [2.05, 4.69) is 69.7 Å². The van der Waals surface area contributed by atoms with Crippen molar-refractivity contribution < 1.29 is 4.79 Å². The molecule has 2 aliphatic heterocycles. The van der Waals surface area contributed by atoms with Crippen LogP contribution in [-0.2, 0) is 24.3 Å². The fourth-order valence-electron chi connectivity index (χ4n) is 4.60. The maximum atomic E-state index is 12.5. The van der Waals surface area contributed by atoms with Crippen molar-refractivity contribution in [2.75, 3.05) is 32.7 Å². The number of hydrogen-bond acceptors (Lipinski definition) is 3. The summed E-state index contributed by atoms with van der Waals surface area (Å²) in [5, 5.41) is 3.19. The molecule has 2 aromatic carbocycles. The number of benzene rings is 2. The van der Waals surface area contributed by atoms with E-state index in [1.54, 1.807) is 0 Å². The number of hydrogen-bond donors (Lipinski definition) is 1. The van der Waals surface area contributed by atoms with Crippen molar-refractivity contribution in [1.82, 2.24) is 15.1 Å². The summed E-state index contributed by atoms with van der Waals surface area (Å²) in [7, 11) is 0. The van der Waals surface area contributed by atoms with Crippen LogP contribution in [-0.4, -0.2) is 48.4 Å². The summed E-state index contributed by atoms with van der Waals surface area (Å²) in [6.45, 7) is 7.05. The molecule has 1 amide bonds. The van der Waals surface area contributed by atoms with Gasteiger partial charge in [-0.3, -0.25) is 14.6 Å². The number of rotatable bonds is 7. The first-order chi connectivity index (χ1) is 14.3. The highest BCUT2D eigenvalue weighted by molar-refractivity contribution is 5.78. The maximum absolute atomic E-state index is 12.5. The minimum Gasteiger partial charge on any atom is -0.356 e. The first-order valence-electron chi connectivity index (χ1n) is 11.1. The van der Waals surface area contributed by atoms with Crippen LogP contribution in [0.4, 0.5) is 0 Å². The molecule has 1 N–H and O–H groups in total. The molecule has 0 aliphatic carbocycles. The SMILES string of the molecule is O=C(NCCCN1CCc2ccccc2C1)C1CCN(Cc2ccccc2)CC1. The summed E-state index contributed by atoms with van der Waals surface area (Å²) in [5.74, 6) is 0.442. The van der Waals surface area contributed by atoms with E-state index in [0.29, 0.717) is 0 Å². The Morgan fingerprint density at radius 3 is 2.41 bits per heavy atom. The predicted octanol–water partition coefficient (Wildman–Crippen LogP) is 3.46. The highest BCUT2D eigenvalue weighted by Crippen LogP contribution is 2.20. The summed E-state index contributed by atoms with van der Waals surface area (Å²) in [6.07, 6.45) is 4.12. The van der Waals surface area contributed by atoms with Gasteiger partial charge in [0.1, 0.15) is 0 Å². The van der Waals surface area contributed by atoms with Gasteiger partial charge >= 0.3 is 0 Å². The summed E-state index contributed by atoms with van der Waals surface area (Å²) in [4.78, 5) is 17.5. The fourth-order valence-corrected chi connectivity index (χ4v) is 4.60. The van der Waals surface area contributed by atoms with Gasteiger partial charge in [0, 0.05) is 38.6 Å². The number of piperidine rings is 1. The van der Waals surface area contributed by atoms with Crippen molar-refractivity contribution in [3.63, 3.8) is 0 Å². The lowest BCUT2D eigenvalue weighted by atomic mass is 9.95. The zero-order valence-corrected chi connectivity index (χ0v) is 17.4. The standard InChI is InChI=1S/C25H33N3O/c29-25(23-12-17-28(18-13-23)19-21-7-2-1-3-8-21)26-14-6-15-27-16-11-22-9-4-5-10-24(22)20-27/h1-5,7-10,23H,6,11-20H2,(H,26,29). The summed E-state index contributed by atoms with van der Waals surface area (Å²) >= 11 is 0. The quantitative estimate of drug-likeness (QED) is 0.734. The molecule has 0 aromatic heterocycles. The Hall–Kier alpha value is -2.17. The zero-order valence-electron chi connectivity index (χ0n) is 17.4. The average Bonchev–Trinajstić information content (AvgIpc) is 2.78. The molecular weight excluding hydrogens is 358 g/mol. The van der Waals surface area contributed by atoms with Gasteiger partial charge in [-0.25, -0.2) is 0 Å². The highest BCUT2D eigenvalue weighted by atomic mass is 16.1. The van der Waals surface area contributed by atoms with Crippen LogP contribution in [0.15, 0.2) is 54.6 Å². The lowest BCUT2D eigenvalue weighted by Gasteiger charge is -2.31. The second-order valence-corrected chi connectivity index (χ2v) is 8.48. The lowest BCUT2D eigenvalue weighted by Crippen LogP contribution is -2.41. The molecule has 154 valence electrons. The Morgan fingerprint density at radius 2 is 1.62 bits per heavy atom. The smallest absolute Gasteiger partial charge is 0.223 e. The monoisotopic (exact) mass is 391 g/mol. The molecule has 0 radical (unpaired) electrons. The molecule has 2 aliphatic rings. The van der Waals surface area contributed by atoms with Gasteiger partial charge in [-0.15, -0.1) is 0 Å². The van der Waals surface area contributed by atoms with E-state index >= 15 is 0 Å². The van der Waals surface area contributed by atoms with Crippen molar-refractivity contribution in [2.24, 2.45) is 5.92 Å². The van der Waals surface area contributed by atoms with Crippen molar-refractivity contribution in [3.05, 3.63) is 71.3 Å². The van der Waals surface area contributed by atoms with Gasteiger partial charge in [-0.1, -0.05) is 54.6 Å². The third kappa shape index (κ3) is 5.68. The number of amides is 1. The second-order valence-electron chi connectivity index (χ2n) is 8.48. The van der Waals surface area contributed by atoms with E-state index in [1.165, 1.54) is 16.7 Å². The molecule has 29 heavy (non-hydrogen) atoms. The number of carbonyl (C=O) groups excluding carboxylic acids is 1. The molecule has 0 atom stereocenters. The van der Waals surface area contributed by atoms with Crippen LogP contribution in [0.1, 0.15) is 36.0 Å². The summed E-state index contributed by atoms with van der Waals surface area (Å²) < 4.78 is 0. The van der Waals surface area contributed by atoms with Crippen LogP contribution >= 0.6 is 0 Å². The zero-order chi connectivity index (χ0) is 19.9. The largest absolute Gasteiger partial charge is 0.356 e. The first-order valence-corrected chi connectivity index (χ1v) is 11.1. The van der Waals surface area contributed by atoms with Crippen molar-refractivity contribution in [1.29, 1.82) is 0 Å². The predicted molar refractivity (Wildman–Crippen MR) is 117 cm³/mol. The van der Waals surface area contributed by atoms with Crippen LogP contribution in [0.25, 0.3) is 0 Å². The van der Waals surface area contributed by atoms with Crippen LogP contribution in [0, 0.1) is 5.92 Å². The van der Waals surface area contributed by atoms with Crippen molar-refractivity contribution in [3.8, 4) is 0 Å². The van der Waals surface area contributed by atoms with Gasteiger partial charge in [0.05, 0.1) is 0 Å². The minimum absolute atomic E-state index is 0.184. The minimum atomic E-state index is 0.184. The molecule has 4 rings (SSSR count). The Morgan fingerprint density at radius 1 is 0.897 bits per heavy atom. The molecule has 0 spiro atoms. The van der Waals surface area contributed by atoms with E-state index in [-0.39, 0.29) is 11.8 Å². The second kappa shape index (κ2) is 10.0. The van der Waals surface area contributed by atoms with E-state index in [0.717, 1.165) is 71.5 Å². The number of likely N-dealkylation sites (tertiary alicyclic amines) is 1. The topological polar surface area (TPSA) is 35.6 Å². The van der Waals surface area contributed by atoms with Crippen molar-refractivity contribution in [2.45, 2.75) is 38.8 Å². The van der Waals surface area contributed by atoms with Gasteiger partial charge in [0.25, 0.3) is 0 Å². The van der Waals surface area contributed by atoms with E-state index in [9.17, 15) is 4.79 Å². The van der Waals surface area contributed by atoms with E-state index < -0.39 is 0 Å². The molecular formula is C25H33N3O. The van der Waals surface area contributed by atoms with Gasteiger partial charge in [0.15, 0.2) is 0 Å². The third-order valence-corrected chi connectivity index (χ3v) is 6.37. The molecule has 4 heteroatoms. The lowest BCUT2D eigenvalue weighted by molar-refractivity contribution is -0.126. The Bertz CT molecular complexity index is 784. The van der Waals surface area contributed by atoms with Crippen molar-refractivity contribution >= 4 is 5.91 Å². The average molecular weight is 392 g/mol. The molecule has 0 saturated carbocycles. The van der Waals surface area contributed by atoms with Gasteiger partial charge in [0.2, 0.25) is 5.91 Å². The van der Waals surface area contributed by atoms with Gasteiger partial charge in [-0.2, -0.15) is 0 Å². The molecule has 4 nitrogen and oxygen atoms in total. The Labute approximate surface area is 174 Å². The Balaban J connectivity index is 1.11. The van der Waals surface area contributed by atoms with Crippen LogP contribution in [0.3, 0.4) is 0 Å². The fraction of sp³-hybridized carbons (Fsp3) is 0.480. The van der Waals surface area contributed by atoms with Crippen LogP contribution in [0.5, 0.6) is 0 Å². The first kappa shape index (κ1) is 20.1. The van der Waals surface area contributed by atoms with Gasteiger partial charge < -0.3 is 5.32 Å². The van der Waals surface area contributed by atoms with E-state index in [1.807, 2.05) is 0 Å². The number of fused-ring (bicyclic) bond motifs is 1.